The number of esters is 1. The first-order valence-corrected chi connectivity index (χ1v) is 11.2. The molecule has 0 saturated heterocycles. The van der Waals surface area contributed by atoms with Gasteiger partial charge in [-0.3, -0.25) is 4.79 Å². The van der Waals surface area contributed by atoms with Crippen molar-refractivity contribution in [2.45, 2.75) is 110 Å². The quantitative estimate of drug-likeness (QED) is 0.110. The van der Waals surface area contributed by atoms with Crippen molar-refractivity contribution in [1.29, 1.82) is 0 Å². The van der Waals surface area contributed by atoms with E-state index in [4.69, 9.17) is 4.74 Å². The van der Waals surface area contributed by atoms with Crippen LogP contribution in [0.25, 0.3) is 0 Å². The summed E-state index contributed by atoms with van der Waals surface area (Å²) in [6.45, 7) is 3.66. The predicted molar refractivity (Wildman–Crippen MR) is 109 cm³/mol. The fourth-order valence-electron chi connectivity index (χ4n) is 2.83. The summed E-state index contributed by atoms with van der Waals surface area (Å²) in [5, 5.41) is 1.15. The van der Waals surface area contributed by atoms with Crippen molar-refractivity contribution in [1.82, 2.24) is 0 Å². The smallest absolute Gasteiger partial charge is 0.303 e. The van der Waals surface area contributed by atoms with Crippen LogP contribution in [0.15, 0.2) is 12.2 Å². The molecule has 0 aromatic carbocycles. The van der Waals surface area contributed by atoms with Crippen LogP contribution >= 0.6 is 15.9 Å². The van der Waals surface area contributed by atoms with Crippen molar-refractivity contribution < 1.29 is 9.53 Å². The maximum Gasteiger partial charge on any atom is 0.303 e. The average Bonchev–Trinajstić information content (AvgIpc) is 2.56. The van der Waals surface area contributed by atoms with Crippen LogP contribution < -0.4 is 0 Å². The molecule has 142 valence electrons. The zero-order valence-corrected chi connectivity index (χ0v) is 17.6. The van der Waals surface area contributed by atoms with E-state index < -0.39 is 0 Å². The van der Waals surface area contributed by atoms with Gasteiger partial charge in [0.1, 0.15) is 6.10 Å². The predicted octanol–water partition coefficient (Wildman–Crippen LogP) is 7.35. The Hall–Kier alpha value is -0.310. The highest BCUT2D eigenvalue weighted by Gasteiger charge is 2.06. The van der Waals surface area contributed by atoms with Gasteiger partial charge in [0.2, 0.25) is 0 Å². The molecular formula is C21H39BrO2. The number of halogens is 1. The molecule has 0 aliphatic rings. The number of carbonyl (C=O) groups excluding carboxylic acids is 1. The van der Waals surface area contributed by atoms with Crippen LogP contribution in [0.3, 0.4) is 0 Å². The lowest BCUT2D eigenvalue weighted by Crippen LogP contribution is -2.13. The van der Waals surface area contributed by atoms with Gasteiger partial charge >= 0.3 is 5.97 Å². The average molecular weight is 403 g/mol. The molecule has 0 aromatic rings. The Labute approximate surface area is 158 Å². The summed E-state index contributed by atoms with van der Waals surface area (Å²) in [6, 6.07) is 0. The van der Waals surface area contributed by atoms with Crippen LogP contribution in [0.4, 0.5) is 0 Å². The van der Waals surface area contributed by atoms with Gasteiger partial charge in [-0.1, -0.05) is 86.7 Å². The second-order valence-corrected chi connectivity index (χ2v) is 7.52. The van der Waals surface area contributed by atoms with Crippen LogP contribution in [-0.4, -0.2) is 17.4 Å². The van der Waals surface area contributed by atoms with Gasteiger partial charge < -0.3 is 4.74 Å². The number of unbranched alkanes of at least 4 members (excludes halogenated alkanes) is 11. The molecule has 0 saturated carbocycles. The molecular weight excluding hydrogens is 364 g/mol. The molecule has 0 rings (SSSR count). The summed E-state index contributed by atoms with van der Waals surface area (Å²) in [5.74, 6) is -0.173. The molecule has 0 aliphatic heterocycles. The number of alkyl halides is 1. The van der Waals surface area contributed by atoms with Crippen LogP contribution in [-0.2, 0) is 9.53 Å². The van der Waals surface area contributed by atoms with Crippen molar-refractivity contribution in [3.05, 3.63) is 12.2 Å². The molecule has 3 heteroatoms. The Kier molecular flexibility index (Phi) is 18.8. The fourth-order valence-corrected chi connectivity index (χ4v) is 3.23. The Balaban J connectivity index is 3.47. The second kappa shape index (κ2) is 19.0. The standard InChI is InChI=1S/C21H39BrO2/c1-3-4-17-21(24-20(2)23)18-15-13-11-9-7-5-6-8-10-12-14-16-19-22/h15,18,21H,3-14,16-17,19H2,1-2H3. The van der Waals surface area contributed by atoms with E-state index in [0.717, 1.165) is 31.0 Å². The lowest BCUT2D eigenvalue weighted by atomic mass is 10.1. The molecule has 0 N–H and O–H groups in total. The van der Waals surface area contributed by atoms with E-state index in [-0.39, 0.29) is 12.1 Å². The van der Waals surface area contributed by atoms with E-state index in [1.54, 1.807) is 0 Å². The summed E-state index contributed by atoms with van der Waals surface area (Å²) in [5.41, 5.74) is 0. The van der Waals surface area contributed by atoms with E-state index in [0.29, 0.717) is 0 Å². The first kappa shape index (κ1) is 23.7. The van der Waals surface area contributed by atoms with E-state index in [1.165, 1.54) is 71.1 Å². The molecule has 0 aromatic heterocycles. The van der Waals surface area contributed by atoms with Gasteiger partial charge in [-0.25, -0.2) is 0 Å². The topological polar surface area (TPSA) is 26.3 Å². The summed E-state index contributed by atoms with van der Waals surface area (Å²) >= 11 is 3.48. The largest absolute Gasteiger partial charge is 0.458 e. The minimum absolute atomic E-state index is 0.0213. The second-order valence-electron chi connectivity index (χ2n) is 6.73. The molecule has 1 atom stereocenters. The minimum Gasteiger partial charge on any atom is -0.458 e. The number of rotatable bonds is 17. The van der Waals surface area contributed by atoms with Crippen LogP contribution in [0.2, 0.25) is 0 Å². The third kappa shape index (κ3) is 18.0. The summed E-state index contributed by atoms with van der Waals surface area (Å²) in [4.78, 5) is 11.1. The fraction of sp³-hybridized carbons (Fsp3) is 0.857. The van der Waals surface area contributed by atoms with Gasteiger partial charge in [0, 0.05) is 12.3 Å². The molecule has 0 heterocycles. The van der Waals surface area contributed by atoms with Gasteiger partial charge in [-0.15, -0.1) is 0 Å². The number of allylic oxidation sites excluding steroid dienone is 1. The Morgan fingerprint density at radius 1 is 0.917 bits per heavy atom. The molecule has 0 amide bonds. The minimum atomic E-state index is -0.173. The van der Waals surface area contributed by atoms with Crippen LogP contribution in [0.1, 0.15) is 104 Å². The first-order chi connectivity index (χ1) is 11.7. The summed E-state index contributed by atoms with van der Waals surface area (Å²) in [7, 11) is 0. The molecule has 2 nitrogen and oxygen atoms in total. The monoisotopic (exact) mass is 402 g/mol. The zero-order chi connectivity index (χ0) is 17.9. The third-order valence-corrected chi connectivity index (χ3v) is 4.83. The highest BCUT2D eigenvalue weighted by atomic mass is 79.9. The highest BCUT2D eigenvalue weighted by Crippen LogP contribution is 2.13. The van der Waals surface area contributed by atoms with E-state index >= 15 is 0 Å². The normalized spacial score (nSPS) is 12.6. The van der Waals surface area contributed by atoms with Gasteiger partial charge in [-0.05, 0) is 38.2 Å². The van der Waals surface area contributed by atoms with E-state index in [2.05, 4.69) is 35.0 Å². The van der Waals surface area contributed by atoms with Crippen molar-refractivity contribution in [2.24, 2.45) is 0 Å². The molecule has 24 heavy (non-hydrogen) atoms. The van der Waals surface area contributed by atoms with Gasteiger partial charge in [0.05, 0.1) is 0 Å². The molecule has 0 fully saturated rings. The van der Waals surface area contributed by atoms with E-state index in [9.17, 15) is 4.79 Å². The first-order valence-electron chi connectivity index (χ1n) is 10.1. The lowest BCUT2D eigenvalue weighted by molar-refractivity contribution is -0.144. The van der Waals surface area contributed by atoms with E-state index in [1.807, 2.05) is 0 Å². The van der Waals surface area contributed by atoms with Crippen molar-refractivity contribution in [3.8, 4) is 0 Å². The number of hydrogen-bond acceptors (Lipinski definition) is 2. The van der Waals surface area contributed by atoms with Crippen molar-refractivity contribution in [2.75, 3.05) is 5.33 Å². The lowest BCUT2D eigenvalue weighted by Gasteiger charge is -2.12. The maximum absolute atomic E-state index is 11.1. The van der Waals surface area contributed by atoms with Crippen LogP contribution in [0.5, 0.6) is 0 Å². The Morgan fingerprint density at radius 2 is 1.46 bits per heavy atom. The molecule has 0 radical (unpaired) electrons. The highest BCUT2D eigenvalue weighted by molar-refractivity contribution is 9.09. The zero-order valence-electron chi connectivity index (χ0n) is 16.0. The SMILES string of the molecule is CCCCC(C=CCCCCCCCCCCCCBr)OC(C)=O. The summed E-state index contributed by atoms with van der Waals surface area (Å²) < 4.78 is 5.33. The van der Waals surface area contributed by atoms with Gasteiger partial charge in [0.15, 0.2) is 0 Å². The maximum atomic E-state index is 11.1. The Morgan fingerprint density at radius 3 is 1.96 bits per heavy atom. The molecule has 0 spiro atoms. The number of carbonyl (C=O) groups is 1. The van der Waals surface area contributed by atoms with Gasteiger partial charge in [-0.2, -0.15) is 0 Å². The van der Waals surface area contributed by atoms with Crippen molar-refractivity contribution in [3.63, 3.8) is 0 Å². The molecule has 0 bridgehead atoms. The summed E-state index contributed by atoms with van der Waals surface area (Å²) in [6.07, 6.45) is 22.2. The van der Waals surface area contributed by atoms with Crippen molar-refractivity contribution >= 4 is 21.9 Å². The van der Waals surface area contributed by atoms with Crippen LogP contribution in [0, 0.1) is 0 Å². The number of ether oxygens (including phenoxy) is 1. The number of hydrogen-bond donors (Lipinski definition) is 0. The molecule has 0 aliphatic carbocycles. The third-order valence-electron chi connectivity index (χ3n) is 4.26. The Bertz CT molecular complexity index is 302. The van der Waals surface area contributed by atoms with Gasteiger partial charge in [0.25, 0.3) is 0 Å². The molecule has 1 unspecified atom stereocenters.